The molecule has 1 N–H and O–H groups in total. The molecule has 0 spiro atoms. The van der Waals surface area contributed by atoms with Gasteiger partial charge in [-0.25, -0.2) is 0 Å². The Morgan fingerprint density at radius 3 is 2.39 bits per heavy atom. The van der Waals surface area contributed by atoms with Crippen molar-refractivity contribution in [2.24, 2.45) is 5.92 Å². The van der Waals surface area contributed by atoms with E-state index in [1.165, 1.54) is 24.0 Å². The molecule has 5 heteroatoms. The topological polar surface area (TPSA) is 53.9 Å². The van der Waals surface area contributed by atoms with Gasteiger partial charge >= 0.3 is 0 Å². The molecule has 5 nitrogen and oxygen atoms in total. The molecule has 0 aliphatic carbocycles. The Morgan fingerprint density at radius 2 is 1.68 bits per heavy atom. The molecular weight excluding hydrogens is 346 g/mol. The van der Waals surface area contributed by atoms with Crippen LogP contribution in [0.1, 0.15) is 36.9 Å². The summed E-state index contributed by atoms with van der Waals surface area (Å²) in [4.78, 5) is 7.04. The Kier molecular flexibility index (Phi) is 5.80. The van der Waals surface area contributed by atoms with E-state index in [2.05, 4.69) is 69.8 Å². The number of aromatic nitrogens is 3. The van der Waals surface area contributed by atoms with Gasteiger partial charge in [-0.05, 0) is 43.2 Å². The number of hydrogen-bond acceptors (Lipinski definition) is 5. The zero-order valence-electron chi connectivity index (χ0n) is 16.3. The third-order valence-corrected chi connectivity index (χ3v) is 5.50. The maximum Gasteiger partial charge on any atom is 0.245 e. The van der Waals surface area contributed by atoms with Crippen molar-refractivity contribution in [3.63, 3.8) is 0 Å². The van der Waals surface area contributed by atoms with Gasteiger partial charge in [-0.2, -0.15) is 10.1 Å². The minimum Gasteiger partial charge on any atom is -0.355 e. The number of nitrogens with one attached hydrogen (secondary N) is 1. The Labute approximate surface area is 166 Å². The highest BCUT2D eigenvalue weighted by molar-refractivity contribution is 5.41. The summed E-state index contributed by atoms with van der Waals surface area (Å²) in [5, 5.41) is 11.7. The van der Waals surface area contributed by atoms with Crippen molar-refractivity contribution in [3.8, 4) is 0 Å². The molecule has 1 aromatic heterocycles. The molecule has 4 rings (SSSR count). The zero-order valence-corrected chi connectivity index (χ0v) is 16.3. The van der Waals surface area contributed by atoms with Crippen molar-refractivity contribution in [2.75, 3.05) is 23.3 Å². The molecule has 3 aromatic rings. The molecule has 2 aromatic carbocycles. The smallest absolute Gasteiger partial charge is 0.245 e. The molecule has 0 saturated carbocycles. The van der Waals surface area contributed by atoms with Crippen molar-refractivity contribution in [2.45, 2.75) is 32.2 Å². The van der Waals surface area contributed by atoms with Crippen molar-refractivity contribution in [3.05, 3.63) is 78.0 Å². The van der Waals surface area contributed by atoms with Crippen LogP contribution in [0.3, 0.4) is 0 Å². The van der Waals surface area contributed by atoms with Crippen LogP contribution in [0.25, 0.3) is 0 Å². The SMILES string of the molecule is CC(Nc1nncc(N2CCC(Cc3ccccc3)CC2)n1)c1ccccc1. The lowest BCUT2D eigenvalue weighted by atomic mass is 9.90. The van der Waals surface area contributed by atoms with Gasteiger partial charge in [0.1, 0.15) is 0 Å². The van der Waals surface area contributed by atoms with E-state index in [0.29, 0.717) is 5.95 Å². The second-order valence-corrected chi connectivity index (χ2v) is 7.54. The zero-order chi connectivity index (χ0) is 19.2. The van der Waals surface area contributed by atoms with E-state index in [0.717, 1.165) is 31.2 Å². The average Bonchev–Trinajstić information content (AvgIpc) is 2.76. The molecule has 28 heavy (non-hydrogen) atoms. The predicted octanol–water partition coefficient (Wildman–Crippen LogP) is 4.50. The summed E-state index contributed by atoms with van der Waals surface area (Å²) < 4.78 is 0. The second kappa shape index (κ2) is 8.83. The standard InChI is InChI=1S/C23H27N5/c1-18(21-10-6-3-7-11-21)25-23-26-22(17-24-27-23)28-14-12-20(13-15-28)16-19-8-4-2-5-9-19/h2-11,17-18,20H,12-16H2,1H3,(H,25,26,27). The highest BCUT2D eigenvalue weighted by Crippen LogP contribution is 2.25. The van der Waals surface area contributed by atoms with Crippen LogP contribution in [-0.4, -0.2) is 28.3 Å². The van der Waals surface area contributed by atoms with Crippen LogP contribution >= 0.6 is 0 Å². The van der Waals surface area contributed by atoms with E-state index in [9.17, 15) is 0 Å². The number of rotatable bonds is 6. The fourth-order valence-corrected chi connectivity index (χ4v) is 3.84. The first-order valence-corrected chi connectivity index (χ1v) is 10.1. The maximum absolute atomic E-state index is 4.71. The summed E-state index contributed by atoms with van der Waals surface area (Å²) in [5.74, 6) is 2.24. The first kappa shape index (κ1) is 18.4. The fourth-order valence-electron chi connectivity index (χ4n) is 3.84. The van der Waals surface area contributed by atoms with Gasteiger partial charge in [-0.3, -0.25) is 0 Å². The van der Waals surface area contributed by atoms with Crippen LogP contribution in [-0.2, 0) is 6.42 Å². The summed E-state index contributed by atoms with van der Waals surface area (Å²) in [7, 11) is 0. The van der Waals surface area contributed by atoms with Gasteiger partial charge in [-0.1, -0.05) is 60.7 Å². The van der Waals surface area contributed by atoms with Crippen LogP contribution in [0.2, 0.25) is 0 Å². The van der Waals surface area contributed by atoms with Crippen LogP contribution in [0.5, 0.6) is 0 Å². The number of piperidine rings is 1. The third kappa shape index (κ3) is 4.66. The van der Waals surface area contributed by atoms with Gasteiger partial charge in [0.2, 0.25) is 5.95 Å². The molecule has 1 saturated heterocycles. The Bertz CT molecular complexity index is 860. The van der Waals surface area contributed by atoms with E-state index in [4.69, 9.17) is 4.98 Å². The van der Waals surface area contributed by atoms with Gasteiger partial charge in [0, 0.05) is 13.1 Å². The lowest BCUT2D eigenvalue weighted by Crippen LogP contribution is -2.35. The lowest BCUT2D eigenvalue weighted by Gasteiger charge is -2.32. The van der Waals surface area contributed by atoms with E-state index in [1.54, 1.807) is 6.20 Å². The number of nitrogens with zero attached hydrogens (tertiary/aromatic N) is 4. The summed E-state index contributed by atoms with van der Waals surface area (Å²) in [6, 6.07) is 21.2. The number of benzene rings is 2. The Hall–Kier alpha value is -2.95. The van der Waals surface area contributed by atoms with Crippen LogP contribution < -0.4 is 10.2 Å². The molecule has 0 radical (unpaired) electrons. The minimum atomic E-state index is 0.134. The molecule has 144 valence electrons. The second-order valence-electron chi connectivity index (χ2n) is 7.54. The van der Waals surface area contributed by atoms with Gasteiger partial charge in [-0.15, -0.1) is 5.10 Å². The van der Waals surface area contributed by atoms with Gasteiger partial charge < -0.3 is 10.2 Å². The molecule has 2 heterocycles. The number of anilines is 2. The number of hydrogen-bond donors (Lipinski definition) is 1. The molecule has 1 aliphatic rings. The van der Waals surface area contributed by atoms with Gasteiger partial charge in [0.25, 0.3) is 0 Å². The average molecular weight is 374 g/mol. The highest BCUT2D eigenvalue weighted by atomic mass is 15.3. The lowest BCUT2D eigenvalue weighted by molar-refractivity contribution is 0.402. The molecular formula is C23H27N5. The predicted molar refractivity (Wildman–Crippen MR) is 113 cm³/mol. The molecule has 1 atom stereocenters. The molecule has 1 unspecified atom stereocenters. The Balaban J connectivity index is 1.35. The van der Waals surface area contributed by atoms with E-state index < -0.39 is 0 Å². The van der Waals surface area contributed by atoms with Crippen molar-refractivity contribution in [1.29, 1.82) is 0 Å². The molecule has 0 amide bonds. The van der Waals surface area contributed by atoms with E-state index in [1.807, 2.05) is 18.2 Å². The Morgan fingerprint density at radius 1 is 1.00 bits per heavy atom. The van der Waals surface area contributed by atoms with Crippen molar-refractivity contribution in [1.82, 2.24) is 15.2 Å². The molecule has 1 fully saturated rings. The first-order chi connectivity index (χ1) is 13.8. The van der Waals surface area contributed by atoms with Gasteiger partial charge in [0.05, 0.1) is 12.2 Å². The highest BCUT2D eigenvalue weighted by Gasteiger charge is 2.21. The maximum atomic E-state index is 4.71. The van der Waals surface area contributed by atoms with Gasteiger partial charge in [0.15, 0.2) is 5.82 Å². The van der Waals surface area contributed by atoms with E-state index in [-0.39, 0.29) is 6.04 Å². The quantitative estimate of drug-likeness (QED) is 0.689. The molecule has 1 aliphatic heterocycles. The van der Waals surface area contributed by atoms with Crippen LogP contribution in [0.15, 0.2) is 66.9 Å². The normalized spacial score (nSPS) is 16.0. The summed E-state index contributed by atoms with van der Waals surface area (Å²) in [6.45, 7) is 4.15. The van der Waals surface area contributed by atoms with E-state index >= 15 is 0 Å². The minimum absolute atomic E-state index is 0.134. The third-order valence-electron chi connectivity index (χ3n) is 5.50. The van der Waals surface area contributed by atoms with Crippen LogP contribution in [0, 0.1) is 5.92 Å². The fraction of sp³-hybridized carbons (Fsp3) is 0.348. The van der Waals surface area contributed by atoms with Crippen molar-refractivity contribution < 1.29 is 0 Å². The largest absolute Gasteiger partial charge is 0.355 e. The summed E-state index contributed by atoms with van der Waals surface area (Å²) in [5.41, 5.74) is 2.64. The summed E-state index contributed by atoms with van der Waals surface area (Å²) >= 11 is 0. The van der Waals surface area contributed by atoms with Crippen LogP contribution in [0.4, 0.5) is 11.8 Å². The van der Waals surface area contributed by atoms with Crippen molar-refractivity contribution >= 4 is 11.8 Å². The monoisotopic (exact) mass is 373 g/mol. The molecule has 0 bridgehead atoms. The first-order valence-electron chi connectivity index (χ1n) is 10.1. The summed E-state index contributed by atoms with van der Waals surface area (Å²) in [6.07, 6.45) is 5.30.